The van der Waals surface area contributed by atoms with Crippen LogP contribution in [0.1, 0.15) is 27.2 Å². The van der Waals surface area contributed by atoms with Gasteiger partial charge in [0.15, 0.2) is 0 Å². The summed E-state index contributed by atoms with van der Waals surface area (Å²) in [7, 11) is 0. The van der Waals surface area contributed by atoms with Crippen molar-refractivity contribution in [1.82, 2.24) is 0 Å². The van der Waals surface area contributed by atoms with Gasteiger partial charge in [-0.25, -0.2) is 0 Å². The van der Waals surface area contributed by atoms with Crippen LogP contribution in [0.4, 0.5) is 0 Å². The Morgan fingerprint density at radius 3 is 2.20 bits per heavy atom. The minimum absolute atomic E-state index is 0.106. The predicted octanol–water partition coefficient (Wildman–Crippen LogP) is 1.51. The molecule has 3 unspecified atom stereocenters. The number of hydrogen-bond acceptors (Lipinski definition) is 3. The van der Waals surface area contributed by atoms with Crippen molar-refractivity contribution in [2.75, 3.05) is 0 Å². The van der Waals surface area contributed by atoms with Crippen molar-refractivity contribution in [3.8, 4) is 0 Å². The lowest BCUT2D eigenvalue weighted by atomic mass is 9.97. The van der Waals surface area contributed by atoms with E-state index in [4.69, 9.17) is 5.73 Å². The summed E-state index contributed by atoms with van der Waals surface area (Å²) in [6.07, 6.45) is 0.868. The molecule has 0 bridgehead atoms. The average Bonchev–Trinajstić information content (AvgIpc) is 1.85. The van der Waals surface area contributed by atoms with Crippen molar-refractivity contribution >= 4 is 0 Å². The molecular formula is C7H16N2O. The molecule has 0 rings (SSSR count). The van der Waals surface area contributed by atoms with Gasteiger partial charge in [0, 0.05) is 6.04 Å². The van der Waals surface area contributed by atoms with Gasteiger partial charge < -0.3 is 5.73 Å². The highest BCUT2D eigenvalue weighted by molar-refractivity contribution is 4.70. The number of nitrogens with two attached hydrogens (primary N) is 1. The molecule has 0 spiro atoms. The highest BCUT2D eigenvalue weighted by Gasteiger charge is 2.13. The first-order valence-electron chi connectivity index (χ1n) is 3.66. The first-order chi connectivity index (χ1) is 4.57. The standard InChI is InChI=1S/C7H16N2O/c1-5(4-6(2)8)7(3)9-10/h5-7H,4,8H2,1-3H3. The number of hydrogen-bond donors (Lipinski definition) is 1. The van der Waals surface area contributed by atoms with E-state index in [1.807, 2.05) is 20.8 Å². The predicted molar refractivity (Wildman–Crippen MR) is 42.7 cm³/mol. The highest BCUT2D eigenvalue weighted by Crippen LogP contribution is 2.11. The molecule has 2 N–H and O–H groups in total. The van der Waals surface area contributed by atoms with Gasteiger partial charge >= 0.3 is 0 Å². The lowest BCUT2D eigenvalue weighted by Gasteiger charge is -2.14. The summed E-state index contributed by atoms with van der Waals surface area (Å²) < 4.78 is 0. The summed E-state index contributed by atoms with van der Waals surface area (Å²) in [4.78, 5) is 10.0. The van der Waals surface area contributed by atoms with Crippen LogP contribution in [0.2, 0.25) is 0 Å². The molecule has 10 heavy (non-hydrogen) atoms. The van der Waals surface area contributed by atoms with Crippen molar-refractivity contribution in [2.24, 2.45) is 16.8 Å². The first-order valence-corrected chi connectivity index (χ1v) is 3.66. The Hall–Kier alpha value is -0.440. The molecule has 3 atom stereocenters. The normalized spacial score (nSPS) is 19.6. The van der Waals surface area contributed by atoms with E-state index in [0.717, 1.165) is 6.42 Å². The molecule has 0 fully saturated rings. The Bertz CT molecular complexity index is 104. The molecule has 0 saturated carbocycles. The van der Waals surface area contributed by atoms with E-state index >= 15 is 0 Å². The molecule has 0 aromatic carbocycles. The Kier molecular flexibility index (Phi) is 4.19. The summed E-state index contributed by atoms with van der Waals surface area (Å²) in [5.41, 5.74) is 5.54. The van der Waals surface area contributed by atoms with Gasteiger partial charge in [0.2, 0.25) is 0 Å². The Morgan fingerprint density at radius 2 is 1.90 bits per heavy atom. The molecule has 0 heterocycles. The van der Waals surface area contributed by atoms with Crippen LogP contribution in [-0.2, 0) is 0 Å². The smallest absolute Gasteiger partial charge is 0.0917 e. The van der Waals surface area contributed by atoms with Crippen LogP contribution in [0.15, 0.2) is 5.18 Å². The molecule has 3 nitrogen and oxygen atoms in total. The maximum absolute atomic E-state index is 10.0. The second-order valence-corrected chi connectivity index (χ2v) is 3.04. The Morgan fingerprint density at radius 1 is 1.40 bits per heavy atom. The van der Waals surface area contributed by atoms with Gasteiger partial charge in [0.1, 0.15) is 0 Å². The van der Waals surface area contributed by atoms with Gasteiger partial charge in [-0.1, -0.05) is 12.1 Å². The van der Waals surface area contributed by atoms with Crippen LogP contribution in [0.25, 0.3) is 0 Å². The zero-order chi connectivity index (χ0) is 8.15. The van der Waals surface area contributed by atoms with Crippen LogP contribution in [0, 0.1) is 10.8 Å². The van der Waals surface area contributed by atoms with Crippen LogP contribution in [-0.4, -0.2) is 12.1 Å². The lowest BCUT2D eigenvalue weighted by molar-refractivity contribution is 0.418. The summed E-state index contributed by atoms with van der Waals surface area (Å²) in [5, 5.41) is 2.94. The third-order valence-electron chi connectivity index (χ3n) is 1.73. The van der Waals surface area contributed by atoms with Gasteiger partial charge in [0.25, 0.3) is 0 Å². The van der Waals surface area contributed by atoms with Gasteiger partial charge in [0.05, 0.1) is 6.04 Å². The molecule has 0 aromatic heterocycles. The minimum Gasteiger partial charge on any atom is -0.328 e. The zero-order valence-electron chi connectivity index (χ0n) is 6.87. The fraction of sp³-hybridized carbons (Fsp3) is 1.00. The molecule has 60 valence electrons. The highest BCUT2D eigenvalue weighted by atomic mass is 16.3. The zero-order valence-corrected chi connectivity index (χ0v) is 6.87. The van der Waals surface area contributed by atoms with E-state index in [1.165, 1.54) is 0 Å². The van der Waals surface area contributed by atoms with Gasteiger partial charge in [-0.15, -0.1) is 0 Å². The van der Waals surface area contributed by atoms with Crippen LogP contribution in [0.5, 0.6) is 0 Å². The molecule has 0 saturated heterocycles. The largest absolute Gasteiger partial charge is 0.328 e. The van der Waals surface area contributed by atoms with Crippen molar-refractivity contribution in [3.05, 3.63) is 4.91 Å². The summed E-state index contributed by atoms with van der Waals surface area (Å²) in [5.74, 6) is 0.303. The maximum Gasteiger partial charge on any atom is 0.0917 e. The SMILES string of the molecule is CC(N)CC(C)C(C)N=O. The molecule has 0 radical (unpaired) electrons. The van der Waals surface area contributed by atoms with E-state index in [-0.39, 0.29) is 12.1 Å². The second kappa shape index (κ2) is 4.39. The van der Waals surface area contributed by atoms with E-state index < -0.39 is 0 Å². The number of nitroso groups, excluding NO2 is 1. The topological polar surface area (TPSA) is 55.4 Å². The molecule has 3 heteroatoms. The van der Waals surface area contributed by atoms with Gasteiger partial charge in [-0.05, 0) is 26.2 Å². The van der Waals surface area contributed by atoms with Gasteiger partial charge in [-0.2, -0.15) is 4.91 Å². The number of nitrogens with zero attached hydrogens (tertiary/aromatic N) is 1. The lowest BCUT2D eigenvalue weighted by Crippen LogP contribution is -2.23. The van der Waals surface area contributed by atoms with Crippen molar-refractivity contribution in [1.29, 1.82) is 0 Å². The molecule has 0 aromatic rings. The van der Waals surface area contributed by atoms with E-state index in [0.29, 0.717) is 5.92 Å². The van der Waals surface area contributed by atoms with Crippen LogP contribution in [0.3, 0.4) is 0 Å². The summed E-state index contributed by atoms with van der Waals surface area (Å²) in [6.45, 7) is 5.75. The number of rotatable bonds is 4. The monoisotopic (exact) mass is 144 g/mol. The maximum atomic E-state index is 10.0. The second-order valence-electron chi connectivity index (χ2n) is 3.04. The van der Waals surface area contributed by atoms with Crippen LogP contribution < -0.4 is 5.73 Å². The fourth-order valence-corrected chi connectivity index (χ4v) is 0.887. The van der Waals surface area contributed by atoms with E-state index in [2.05, 4.69) is 5.18 Å². The third kappa shape index (κ3) is 3.56. The Labute approximate surface area is 62.0 Å². The molecule has 0 aliphatic rings. The van der Waals surface area contributed by atoms with Crippen LogP contribution >= 0.6 is 0 Å². The quantitative estimate of drug-likeness (QED) is 0.608. The molecule has 0 aliphatic heterocycles. The fourth-order valence-electron chi connectivity index (χ4n) is 0.887. The van der Waals surface area contributed by atoms with Crippen molar-refractivity contribution < 1.29 is 0 Å². The summed E-state index contributed by atoms with van der Waals surface area (Å²) in [6, 6.07) is 0.0604. The van der Waals surface area contributed by atoms with Crippen molar-refractivity contribution in [3.63, 3.8) is 0 Å². The molecule has 0 aliphatic carbocycles. The van der Waals surface area contributed by atoms with E-state index in [9.17, 15) is 4.91 Å². The molecular weight excluding hydrogens is 128 g/mol. The third-order valence-corrected chi connectivity index (χ3v) is 1.73. The average molecular weight is 144 g/mol. The Balaban J connectivity index is 3.60. The van der Waals surface area contributed by atoms with E-state index in [1.54, 1.807) is 0 Å². The molecule has 0 amide bonds. The first kappa shape index (κ1) is 9.56. The summed E-state index contributed by atoms with van der Waals surface area (Å²) >= 11 is 0. The minimum atomic E-state index is -0.106. The van der Waals surface area contributed by atoms with Gasteiger partial charge in [-0.3, -0.25) is 0 Å². The van der Waals surface area contributed by atoms with Crippen molar-refractivity contribution in [2.45, 2.75) is 39.3 Å².